The van der Waals surface area contributed by atoms with Gasteiger partial charge < -0.3 is 5.73 Å². The van der Waals surface area contributed by atoms with Gasteiger partial charge >= 0.3 is 0 Å². The number of amides is 1. The molecule has 2 aromatic carbocycles. The van der Waals surface area contributed by atoms with Crippen LogP contribution in [-0.2, 0) is 21.2 Å². The first-order valence-corrected chi connectivity index (χ1v) is 8.13. The summed E-state index contributed by atoms with van der Waals surface area (Å²) >= 11 is 0. The van der Waals surface area contributed by atoms with E-state index in [-0.39, 0.29) is 12.1 Å². The fraction of sp³-hybridized carbons (Fsp3) is 0.133. The van der Waals surface area contributed by atoms with Crippen molar-refractivity contribution < 1.29 is 22.0 Å². The normalized spacial score (nSPS) is 17.1. The van der Waals surface area contributed by atoms with Gasteiger partial charge in [0.05, 0.1) is 5.69 Å². The topological polar surface area (TPSA) is 80.5 Å². The summed E-state index contributed by atoms with van der Waals surface area (Å²) in [6.07, 6.45) is 0.0850. The van der Waals surface area contributed by atoms with Crippen molar-refractivity contribution in [1.29, 1.82) is 0 Å². The molecule has 0 bridgehead atoms. The minimum absolute atomic E-state index is 0.0850. The van der Waals surface area contributed by atoms with Crippen LogP contribution in [0.5, 0.6) is 0 Å². The number of rotatable bonds is 3. The summed E-state index contributed by atoms with van der Waals surface area (Å²) in [5, 5.41) is 0. The molecule has 0 radical (unpaired) electrons. The molecular formula is C15H12F2N2O3S. The molecule has 0 unspecified atom stereocenters. The number of nitrogens with zero attached hydrogens (tertiary/aromatic N) is 1. The summed E-state index contributed by atoms with van der Waals surface area (Å²) < 4.78 is 53.7. The highest BCUT2D eigenvalue weighted by atomic mass is 32.2. The number of halogens is 2. The molecule has 1 amide bonds. The van der Waals surface area contributed by atoms with Crippen molar-refractivity contribution in [2.24, 2.45) is 5.73 Å². The molecule has 8 heteroatoms. The van der Waals surface area contributed by atoms with Gasteiger partial charge in [0.2, 0.25) is 5.91 Å². The van der Waals surface area contributed by atoms with Crippen LogP contribution in [0.3, 0.4) is 0 Å². The second-order valence-electron chi connectivity index (χ2n) is 5.10. The number of fused-ring (bicyclic) bond motifs is 1. The largest absolute Gasteiger partial charge is 0.368 e. The van der Waals surface area contributed by atoms with Crippen molar-refractivity contribution in [3.8, 4) is 0 Å². The fourth-order valence-corrected chi connectivity index (χ4v) is 4.40. The lowest BCUT2D eigenvalue weighted by molar-refractivity contribution is -0.118. The monoisotopic (exact) mass is 338 g/mol. The van der Waals surface area contributed by atoms with Crippen molar-refractivity contribution >= 4 is 21.6 Å². The highest BCUT2D eigenvalue weighted by molar-refractivity contribution is 7.93. The van der Waals surface area contributed by atoms with E-state index in [0.717, 1.165) is 22.5 Å². The molecule has 120 valence electrons. The molecule has 0 aliphatic carbocycles. The molecule has 0 saturated carbocycles. The van der Waals surface area contributed by atoms with Gasteiger partial charge in [-0.05, 0) is 23.8 Å². The highest BCUT2D eigenvalue weighted by Crippen LogP contribution is 2.37. The van der Waals surface area contributed by atoms with Gasteiger partial charge in [-0.2, -0.15) is 0 Å². The Morgan fingerprint density at radius 2 is 1.83 bits per heavy atom. The van der Waals surface area contributed by atoms with E-state index in [1.165, 1.54) is 6.07 Å². The number of carbonyl (C=O) groups excluding carboxylic acids is 1. The van der Waals surface area contributed by atoms with Crippen LogP contribution in [0.4, 0.5) is 14.5 Å². The molecule has 2 N–H and O–H groups in total. The van der Waals surface area contributed by atoms with E-state index in [0.29, 0.717) is 5.56 Å². The zero-order chi connectivity index (χ0) is 16.8. The maximum atomic E-state index is 14.0. The average molecular weight is 338 g/mol. The molecule has 23 heavy (non-hydrogen) atoms. The molecule has 1 aliphatic rings. The number of para-hydroxylation sites is 1. The first kappa shape index (κ1) is 15.4. The van der Waals surface area contributed by atoms with Crippen LogP contribution >= 0.6 is 0 Å². The van der Waals surface area contributed by atoms with Gasteiger partial charge in [-0.1, -0.05) is 24.3 Å². The standard InChI is InChI=1S/C15H12F2N2O3S/c16-10-5-3-7-13(14(10)17)23(21,22)19-11-6-2-1-4-9(11)8-12(19)15(18)20/h1-7,12H,8H2,(H2,18,20)/t12-/m0/s1. The minimum atomic E-state index is -4.48. The van der Waals surface area contributed by atoms with Gasteiger partial charge in [-0.25, -0.2) is 17.2 Å². The van der Waals surface area contributed by atoms with E-state index in [9.17, 15) is 22.0 Å². The number of benzene rings is 2. The molecule has 0 fully saturated rings. The zero-order valence-corrected chi connectivity index (χ0v) is 12.6. The summed E-state index contributed by atoms with van der Waals surface area (Å²) in [6, 6.07) is 8.11. The van der Waals surface area contributed by atoms with Crippen molar-refractivity contribution in [3.05, 3.63) is 59.7 Å². The quantitative estimate of drug-likeness (QED) is 0.922. The van der Waals surface area contributed by atoms with Gasteiger partial charge in [0.1, 0.15) is 10.9 Å². The van der Waals surface area contributed by atoms with Crippen LogP contribution in [0.25, 0.3) is 0 Å². The Hall–Kier alpha value is -2.48. The number of nitrogens with two attached hydrogens (primary N) is 1. The van der Waals surface area contributed by atoms with Crippen molar-refractivity contribution in [1.82, 2.24) is 0 Å². The molecule has 1 aliphatic heterocycles. The number of primary amides is 1. The molecule has 3 rings (SSSR count). The smallest absolute Gasteiger partial charge is 0.268 e. The molecule has 0 spiro atoms. The van der Waals surface area contributed by atoms with Crippen LogP contribution in [-0.4, -0.2) is 20.4 Å². The Labute approximate surface area is 131 Å². The molecule has 5 nitrogen and oxygen atoms in total. The predicted octanol–water partition coefficient (Wildman–Crippen LogP) is 1.57. The molecule has 0 saturated heterocycles. The second kappa shape index (κ2) is 5.31. The molecule has 1 heterocycles. The number of hydrogen-bond donors (Lipinski definition) is 1. The zero-order valence-electron chi connectivity index (χ0n) is 11.7. The van der Waals surface area contributed by atoms with E-state index in [4.69, 9.17) is 5.73 Å². The lowest BCUT2D eigenvalue weighted by atomic mass is 10.1. The molecule has 0 aromatic heterocycles. The predicted molar refractivity (Wildman–Crippen MR) is 79.2 cm³/mol. The number of anilines is 1. The first-order chi connectivity index (χ1) is 10.8. The second-order valence-corrected chi connectivity index (χ2v) is 6.89. The van der Waals surface area contributed by atoms with E-state index < -0.39 is 38.5 Å². The minimum Gasteiger partial charge on any atom is -0.368 e. The Balaban J connectivity index is 2.21. The van der Waals surface area contributed by atoms with Gasteiger partial charge in [0.25, 0.3) is 10.0 Å². The van der Waals surface area contributed by atoms with Crippen LogP contribution in [0.15, 0.2) is 47.4 Å². The summed E-state index contributed by atoms with van der Waals surface area (Å²) in [5.74, 6) is -3.63. The van der Waals surface area contributed by atoms with Crippen LogP contribution in [0, 0.1) is 11.6 Å². The van der Waals surface area contributed by atoms with E-state index in [1.807, 2.05) is 0 Å². The summed E-state index contributed by atoms with van der Waals surface area (Å²) in [4.78, 5) is 10.8. The number of carbonyl (C=O) groups is 1. The summed E-state index contributed by atoms with van der Waals surface area (Å²) in [6.45, 7) is 0. The van der Waals surface area contributed by atoms with Crippen molar-refractivity contribution in [2.45, 2.75) is 17.4 Å². The van der Waals surface area contributed by atoms with Crippen LogP contribution < -0.4 is 10.0 Å². The van der Waals surface area contributed by atoms with E-state index >= 15 is 0 Å². The number of sulfonamides is 1. The van der Waals surface area contributed by atoms with Gasteiger partial charge in [-0.15, -0.1) is 0 Å². The third-order valence-corrected chi connectivity index (χ3v) is 5.55. The fourth-order valence-electron chi connectivity index (χ4n) is 2.66. The molecule has 2 aromatic rings. The third kappa shape index (κ3) is 2.35. The maximum absolute atomic E-state index is 14.0. The summed E-state index contributed by atoms with van der Waals surface area (Å²) in [7, 11) is -4.48. The van der Waals surface area contributed by atoms with Crippen LogP contribution in [0.1, 0.15) is 5.56 Å². The SMILES string of the molecule is NC(=O)[C@@H]1Cc2ccccc2N1S(=O)(=O)c1cccc(F)c1F. The van der Waals surface area contributed by atoms with E-state index in [1.54, 1.807) is 18.2 Å². The van der Waals surface area contributed by atoms with Gasteiger partial charge in [-0.3, -0.25) is 9.10 Å². The van der Waals surface area contributed by atoms with Crippen molar-refractivity contribution in [2.75, 3.05) is 4.31 Å². The van der Waals surface area contributed by atoms with E-state index in [2.05, 4.69) is 0 Å². The average Bonchev–Trinajstić information content (AvgIpc) is 2.90. The Morgan fingerprint density at radius 3 is 2.52 bits per heavy atom. The Morgan fingerprint density at radius 1 is 1.13 bits per heavy atom. The van der Waals surface area contributed by atoms with Crippen molar-refractivity contribution in [3.63, 3.8) is 0 Å². The Bertz CT molecular complexity index is 899. The first-order valence-electron chi connectivity index (χ1n) is 6.69. The van der Waals surface area contributed by atoms with Gasteiger partial charge in [0.15, 0.2) is 11.6 Å². The molecular weight excluding hydrogens is 326 g/mol. The third-order valence-electron chi connectivity index (χ3n) is 3.71. The molecule has 1 atom stereocenters. The highest BCUT2D eigenvalue weighted by Gasteiger charge is 2.42. The van der Waals surface area contributed by atoms with Crippen LogP contribution in [0.2, 0.25) is 0 Å². The summed E-state index contributed by atoms with van der Waals surface area (Å²) in [5.41, 5.74) is 6.13. The Kier molecular flexibility index (Phi) is 3.56. The lowest BCUT2D eigenvalue weighted by Crippen LogP contribution is -2.46. The van der Waals surface area contributed by atoms with Gasteiger partial charge in [0, 0.05) is 6.42 Å². The maximum Gasteiger partial charge on any atom is 0.268 e. The number of hydrogen-bond acceptors (Lipinski definition) is 3. The lowest BCUT2D eigenvalue weighted by Gasteiger charge is -2.25.